The van der Waals surface area contributed by atoms with E-state index >= 15 is 0 Å². The minimum atomic E-state index is -4.95. The van der Waals surface area contributed by atoms with Crippen LogP contribution in [-0.2, 0) is 65.4 Å². The van der Waals surface area contributed by atoms with Crippen molar-refractivity contribution in [3.05, 3.63) is 0 Å². The van der Waals surface area contributed by atoms with Gasteiger partial charge in [0.05, 0.1) is 26.4 Å². The van der Waals surface area contributed by atoms with Crippen LogP contribution in [0.25, 0.3) is 0 Å². The minimum absolute atomic E-state index is 0.102. The Hall–Kier alpha value is -1.94. The fourth-order valence-electron chi connectivity index (χ4n) is 10.1. The molecule has 0 bridgehead atoms. The van der Waals surface area contributed by atoms with Gasteiger partial charge in [0.25, 0.3) is 0 Å². The fraction of sp³-hybridized carbons (Fsp3) is 0.940. The van der Waals surface area contributed by atoms with E-state index in [-0.39, 0.29) is 25.7 Å². The molecule has 0 amide bonds. The molecule has 0 spiro atoms. The zero-order chi connectivity index (χ0) is 63.5. The first-order valence-electron chi connectivity index (χ1n) is 35.1. The van der Waals surface area contributed by atoms with Gasteiger partial charge in [0.2, 0.25) is 0 Å². The minimum Gasteiger partial charge on any atom is -0.462 e. The second kappa shape index (κ2) is 60.6. The molecular formula is C67H130O17P2. The molecule has 0 rings (SSSR count). The maximum Gasteiger partial charge on any atom is 0.472 e. The average molecular weight is 1270 g/mol. The summed E-state index contributed by atoms with van der Waals surface area (Å²) in [4.78, 5) is 72.2. The van der Waals surface area contributed by atoms with Gasteiger partial charge in [-0.3, -0.25) is 37.3 Å². The van der Waals surface area contributed by atoms with Gasteiger partial charge in [-0.15, -0.1) is 0 Å². The summed E-state index contributed by atoms with van der Waals surface area (Å²) in [5.41, 5.74) is 0. The first-order valence-corrected chi connectivity index (χ1v) is 38.1. The smallest absolute Gasteiger partial charge is 0.462 e. The summed E-state index contributed by atoms with van der Waals surface area (Å²) in [6, 6.07) is 0. The van der Waals surface area contributed by atoms with Gasteiger partial charge in [-0.05, 0) is 31.6 Å². The van der Waals surface area contributed by atoms with Crippen LogP contribution in [-0.4, -0.2) is 96.7 Å². The van der Waals surface area contributed by atoms with E-state index in [0.29, 0.717) is 31.6 Å². The molecule has 3 N–H and O–H groups in total. The number of esters is 4. The predicted octanol–water partition coefficient (Wildman–Crippen LogP) is 19.0. The first kappa shape index (κ1) is 84.1. The summed E-state index contributed by atoms with van der Waals surface area (Å²) in [7, 11) is -9.88. The Morgan fingerprint density at radius 3 is 0.791 bits per heavy atom. The monoisotopic (exact) mass is 1270 g/mol. The Balaban J connectivity index is 5.15. The summed E-state index contributed by atoms with van der Waals surface area (Å²) >= 11 is 0. The molecule has 0 fully saturated rings. The van der Waals surface area contributed by atoms with E-state index in [9.17, 15) is 43.2 Å². The van der Waals surface area contributed by atoms with Crippen molar-refractivity contribution in [3.8, 4) is 0 Å². The van der Waals surface area contributed by atoms with Crippen LogP contribution in [0.15, 0.2) is 0 Å². The molecule has 0 aromatic heterocycles. The number of carbonyl (C=O) groups excluding carboxylic acids is 4. The third kappa shape index (κ3) is 60.9. The van der Waals surface area contributed by atoms with Gasteiger partial charge >= 0.3 is 39.5 Å². The van der Waals surface area contributed by atoms with Crippen LogP contribution in [0.1, 0.15) is 343 Å². The molecule has 17 nitrogen and oxygen atoms in total. The predicted molar refractivity (Wildman–Crippen MR) is 345 cm³/mol. The maximum absolute atomic E-state index is 13.0. The number of aliphatic hydroxyl groups is 1. The zero-order valence-corrected chi connectivity index (χ0v) is 57.2. The molecule has 0 aromatic rings. The number of phosphoric ester groups is 2. The van der Waals surface area contributed by atoms with Crippen LogP contribution in [0.5, 0.6) is 0 Å². The number of aliphatic hydroxyl groups excluding tert-OH is 1. The lowest BCUT2D eigenvalue weighted by molar-refractivity contribution is -0.161. The number of carbonyl (C=O) groups is 4. The van der Waals surface area contributed by atoms with E-state index in [0.717, 1.165) is 103 Å². The Morgan fingerprint density at radius 1 is 0.314 bits per heavy atom. The van der Waals surface area contributed by atoms with E-state index in [1.165, 1.54) is 154 Å². The molecule has 0 aliphatic carbocycles. The molecule has 0 aliphatic heterocycles. The summed E-state index contributed by atoms with van der Waals surface area (Å²) in [6.07, 6.45) is 46.2. The molecule has 0 aromatic carbocycles. The second-order valence-electron chi connectivity index (χ2n) is 24.7. The SMILES string of the molecule is CCCCCCCCCCCCCCCCCCCCCC(=O)O[C@H](COC(=O)CCCCCCCCCCCCC)COP(=O)(O)OC[C@@H](O)COP(=O)(O)OC[C@@H](COC(=O)CCCCCCCCC)OC(=O)CCCCCCCCC(C)C. The van der Waals surface area contributed by atoms with Crippen LogP contribution in [0.3, 0.4) is 0 Å². The fourth-order valence-corrected chi connectivity index (χ4v) is 11.7. The number of ether oxygens (including phenoxy) is 4. The second-order valence-corrected chi connectivity index (χ2v) is 27.6. The molecule has 86 heavy (non-hydrogen) atoms. The van der Waals surface area contributed by atoms with Crippen LogP contribution in [0.2, 0.25) is 0 Å². The van der Waals surface area contributed by atoms with Crippen LogP contribution < -0.4 is 0 Å². The number of hydrogen-bond donors (Lipinski definition) is 3. The molecular weight excluding hydrogens is 1140 g/mol. The highest BCUT2D eigenvalue weighted by Crippen LogP contribution is 2.45. The Morgan fingerprint density at radius 2 is 0.535 bits per heavy atom. The Bertz CT molecular complexity index is 1670. The van der Waals surface area contributed by atoms with Gasteiger partial charge in [-0.2, -0.15) is 0 Å². The lowest BCUT2D eigenvalue weighted by Crippen LogP contribution is -2.30. The third-order valence-corrected chi connectivity index (χ3v) is 17.4. The van der Waals surface area contributed by atoms with Crippen molar-refractivity contribution in [2.75, 3.05) is 39.6 Å². The molecule has 19 heteroatoms. The van der Waals surface area contributed by atoms with E-state index in [1.54, 1.807) is 0 Å². The molecule has 0 aliphatic rings. The van der Waals surface area contributed by atoms with Gasteiger partial charge < -0.3 is 33.8 Å². The summed E-state index contributed by atoms with van der Waals surface area (Å²) in [6.45, 7) is 7.08. The van der Waals surface area contributed by atoms with Crippen molar-refractivity contribution in [2.45, 2.75) is 361 Å². The van der Waals surface area contributed by atoms with Crippen molar-refractivity contribution < 1.29 is 80.2 Å². The molecule has 0 heterocycles. The van der Waals surface area contributed by atoms with E-state index in [4.69, 9.17) is 37.0 Å². The highest BCUT2D eigenvalue weighted by Gasteiger charge is 2.30. The first-order chi connectivity index (χ1) is 41.5. The van der Waals surface area contributed by atoms with Gasteiger partial charge in [0.15, 0.2) is 12.2 Å². The normalized spacial score (nSPS) is 14.2. The van der Waals surface area contributed by atoms with Gasteiger partial charge in [-0.1, -0.05) is 291 Å². The largest absolute Gasteiger partial charge is 0.472 e. The van der Waals surface area contributed by atoms with Crippen LogP contribution in [0.4, 0.5) is 0 Å². The van der Waals surface area contributed by atoms with Crippen molar-refractivity contribution in [2.24, 2.45) is 5.92 Å². The Labute approximate surface area is 524 Å². The van der Waals surface area contributed by atoms with E-state index in [2.05, 4.69) is 34.6 Å². The van der Waals surface area contributed by atoms with Crippen LogP contribution >= 0.6 is 15.6 Å². The zero-order valence-electron chi connectivity index (χ0n) is 55.4. The van der Waals surface area contributed by atoms with Crippen molar-refractivity contribution in [1.29, 1.82) is 0 Å². The highest BCUT2D eigenvalue weighted by molar-refractivity contribution is 7.47. The lowest BCUT2D eigenvalue weighted by atomic mass is 10.0. The van der Waals surface area contributed by atoms with Crippen molar-refractivity contribution in [3.63, 3.8) is 0 Å². The molecule has 2 unspecified atom stereocenters. The molecule has 510 valence electrons. The summed E-state index contributed by atoms with van der Waals surface area (Å²) in [5, 5.41) is 10.5. The molecule has 0 saturated carbocycles. The summed E-state index contributed by atoms with van der Waals surface area (Å²) < 4.78 is 68.0. The molecule has 0 radical (unpaired) electrons. The van der Waals surface area contributed by atoms with Crippen LogP contribution in [0, 0.1) is 5.92 Å². The van der Waals surface area contributed by atoms with E-state index in [1.807, 2.05) is 0 Å². The molecule has 5 atom stereocenters. The lowest BCUT2D eigenvalue weighted by Gasteiger charge is -2.21. The van der Waals surface area contributed by atoms with Crippen molar-refractivity contribution in [1.82, 2.24) is 0 Å². The van der Waals surface area contributed by atoms with Gasteiger partial charge in [0, 0.05) is 25.7 Å². The maximum atomic E-state index is 13.0. The third-order valence-electron chi connectivity index (χ3n) is 15.5. The Kier molecular flexibility index (Phi) is 59.2. The number of phosphoric acid groups is 2. The van der Waals surface area contributed by atoms with Crippen molar-refractivity contribution >= 4 is 39.5 Å². The number of unbranched alkanes of at least 4 members (excludes halogenated alkanes) is 39. The number of rotatable bonds is 67. The number of hydrogen-bond acceptors (Lipinski definition) is 15. The quantitative estimate of drug-likeness (QED) is 0.0222. The standard InChI is InChI=1S/C67H130O17P2/c1-6-9-12-15-18-20-22-23-24-25-26-27-28-29-31-33-36-42-47-52-66(71)83-62(57-78-65(70)51-46-41-35-32-30-21-19-16-13-10-7-2)58-81-85(73,74)79-54-61(68)55-80-86(75,76)82-59-63(56-77-64(69)50-45-40-34-17-14-11-8-3)84-67(72)53-48-43-38-37-39-44-49-60(4)5/h60-63,68H,6-59H2,1-5H3,(H,73,74)(H,75,76)/t61-,62-,63-/m1/s1. The molecule has 0 saturated heterocycles. The highest BCUT2D eigenvalue weighted by atomic mass is 31.2. The van der Waals surface area contributed by atoms with Gasteiger partial charge in [-0.25, -0.2) is 9.13 Å². The van der Waals surface area contributed by atoms with E-state index < -0.39 is 97.5 Å². The topological polar surface area (TPSA) is 237 Å². The average Bonchev–Trinajstić information content (AvgIpc) is 3.52. The summed E-state index contributed by atoms with van der Waals surface area (Å²) in [5.74, 6) is -1.47. The van der Waals surface area contributed by atoms with Gasteiger partial charge in [0.1, 0.15) is 19.3 Å².